The van der Waals surface area contributed by atoms with Crippen LogP contribution in [0.3, 0.4) is 0 Å². The van der Waals surface area contributed by atoms with Gasteiger partial charge >= 0.3 is 0 Å². The fourth-order valence-corrected chi connectivity index (χ4v) is 5.47. The van der Waals surface area contributed by atoms with Crippen molar-refractivity contribution in [3.05, 3.63) is 51.7 Å². The fraction of sp³-hybridized carbons (Fsp3) is 0.591. The number of nitrogens with zero attached hydrogens (tertiary/aromatic N) is 5. The van der Waals surface area contributed by atoms with Gasteiger partial charge in [0.1, 0.15) is 6.04 Å². The first-order valence-electron chi connectivity index (χ1n) is 10.9. The van der Waals surface area contributed by atoms with Crippen molar-refractivity contribution in [2.24, 2.45) is 5.92 Å². The SMILES string of the molecule is CN(C)C(=O)[C@H]1[C@H]2C[C@H](CN(Cc3cc4n(n3)CCCNC4)C2)c2cccc(=O)n21. The number of hydrogen-bond donors (Lipinski definition) is 1. The molecule has 30 heavy (non-hydrogen) atoms. The molecule has 1 fully saturated rings. The van der Waals surface area contributed by atoms with E-state index in [1.54, 1.807) is 29.6 Å². The molecule has 3 atom stereocenters. The molecule has 1 amide bonds. The molecule has 3 aliphatic heterocycles. The van der Waals surface area contributed by atoms with E-state index in [1.165, 1.54) is 5.69 Å². The lowest BCUT2D eigenvalue weighted by atomic mass is 9.78. The molecule has 0 saturated carbocycles. The van der Waals surface area contributed by atoms with Gasteiger partial charge in [-0.3, -0.25) is 23.7 Å². The van der Waals surface area contributed by atoms with Gasteiger partial charge in [-0.2, -0.15) is 5.10 Å². The zero-order chi connectivity index (χ0) is 20.8. The van der Waals surface area contributed by atoms with Gasteiger partial charge in [0.05, 0.1) is 11.4 Å². The van der Waals surface area contributed by atoms with Crippen LogP contribution in [-0.2, 0) is 24.4 Å². The molecule has 0 aliphatic carbocycles. The fourth-order valence-electron chi connectivity index (χ4n) is 5.47. The number of hydrogen-bond acceptors (Lipinski definition) is 5. The van der Waals surface area contributed by atoms with Crippen molar-refractivity contribution in [2.75, 3.05) is 33.7 Å². The number of aromatic nitrogens is 3. The Hall–Kier alpha value is -2.45. The minimum absolute atomic E-state index is 0.00892. The van der Waals surface area contributed by atoms with Gasteiger partial charge in [0, 0.05) is 70.4 Å². The molecule has 5 heterocycles. The average molecular weight is 411 g/mol. The lowest BCUT2D eigenvalue weighted by Crippen LogP contribution is -2.53. The Bertz CT molecular complexity index is 986. The Morgan fingerprint density at radius 1 is 1.30 bits per heavy atom. The molecule has 0 radical (unpaired) electrons. The van der Waals surface area contributed by atoms with E-state index >= 15 is 0 Å². The third kappa shape index (κ3) is 3.37. The van der Waals surface area contributed by atoms with Gasteiger partial charge in [0.15, 0.2) is 0 Å². The van der Waals surface area contributed by atoms with Gasteiger partial charge in [-0.25, -0.2) is 0 Å². The third-order valence-corrected chi connectivity index (χ3v) is 6.75. The zero-order valence-electron chi connectivity index (χ0n) is 17.8. The number of likely N-dealkylation sites (tertiary alicyclic amines) is 1. The molecule has 0 aromatic carbocycles. The number of rotatable bonds is 3. The molecule has 2 aromatic heterocycles. The van der Waals surface area contributed by atoms with E-state index in [4.69, 9.17) is 5.10 Å². The second-order valence-electron chi connectivity index (χ2n) is 9.10. The summed E-state index contributed by atoms with van der Waals surface area (Å²) in [5, 5.41) is 8.29. The number of carbonyl (C=O) groups is 1. The smallest absolute Gasteiger partial charge is 0.251 e. The second-order valence-corrected chi connectivity index (χ2v) is 9.10. The summed E-state index contributed by atoms with van der Waals surface area (Å²) in [6.45, 7) is 5.35. The molecule has 1 N–H and O–H groups in total. The Morgan fingerprint density at radius 2 is 2.17 bits per heavy atom. The molecule has 0 spiro atoms. The Morgan fingerprint density at radius 3 is 3.00 bits per heavy atom. The van der Waals surface area contributed by atoms with Crippen molar-refractivity contribution >= 4 is 5.91 Å². The largest absolute Gasteiger partial charge is 0.347 e. The maximum atomic E-state index is 13.1. The number of likely N-dealkylation sites (N-methyl/N-ethyl adjacent to an activating group) is 1. The first kappa shape index (κ1) is 19.5. The number of piperidine rings is 1. The summed E-state index contributed by atoms with van der Waals surface area (Å²) >= 11 is 0. The molecule has 5 rings (SSSR count). The zero-order valence-corrected chi connectivity index (χ0v) is 17.8. The summed E-state index contributed by atoms with van der Waals surface area (Å²) in [6, 6.07) is 7.20. The lowest BCUT2D eigenvalue weighted by molar-refractivity contribution is -0.135. The summed E-state index contributed by atoms with van der Waals surface area (Å²) in [7, 11) is 3.55. The van der Waals surface area contributed by atoms with Crippen LogP contribution >= 0.6 is 0 Å². The van der Waals surface area contributed by atoms with Gasteiger partial charge in [0.25, 0.3) is 5.56 Å². The van der Waals surface area contributed by atoms with Crippen molar-refractivity contribution in [3.8, 4) is 0 Å². The lowest BCUT2D eigenvalue weighted by Gasteiger charge is -2.46. The van der Waals surface area contributed by atoms with Crippen LogP contribution in [0.4, 0.5) is 0 Å². The number of pyridine rings is 1. The van der Waals surface area contributed by atoms with E-state index in [9.17, 15) is 9.59 Å². The summed E-state index contributed by atoms with van der Waals surface area (Å²) in [5.41, 5.74) is 3.27. The van der Waals surface area contributed by atoms with Crippen LogP contribution in [0, 0.1) is 5.92 Å². The van der Waals surface area contributed by atoms with Gasteiger partial charge < -0.3 is 10.2 Å². The maximum Gasteiger partial charge on any atom is 0.251 e. The standard InChI is InChI=1S/C22H30N6O2/c1-25(2)22(30)21-16-9-15(19-5-3-6-20(29)28(19)21)12-26(13-16)14-17-10-18-11-23-7-4-8-27(18)24-17/h3,5-6,10,15-16,21,23H,4,7-9,11-14H2,1-2H3/t15-,16+,21-/m1/s1. The molecule has 2 bridgehead atoms. The molecule has 2 aromatic rings. The van der Waals surface area contributed by atoms with Gasteiger partial charge in [0.2, 0.25) is 5.91 Å². The van der Waals surface area contributed by atoms with E-state index in [2.05, 4.69) is 21.0 Å². The van der Waals surface area contributed by atoms with Gasteiger partial charge in [-0.1, -0.05) is 6.07 Å². The van der Waals surface area contributed by atoms with Crippen LogP contribution in [0.1, 0.15) is 41.9 Å². The second kappa shape index (κ2) is 7.67. The molecular formula is C22H30N6O2. The topological polar surface area (TPSA) is 75.4 Å². The summed E-state index contributed by atoms with van der Waals surface area (Å²) in [4.78, 5) is 29.8. The number of amides is 1. The van der Waals surface area contributed by atoms with Crippen molar-refractivity contribution in [2.45, 2.75) is 44.4 Å². The first-order valence-corrected chi connectivity index (χ1v) is 10.9. The van der Waals surface area contributed by atoms with Gasteiger partial charge in [-0.05, 0) is 31.5 Å². The number of aryl methyl sites for hydroxylation is 1. The van der Waals surface area contributed by atoms with Crippen LogP contribution in [0.2, 0.25) is 0 Å². The molecule has 8 nitrogen and oxygen atoms in total. The predicted octanol–water partition coefficient (Wildman–Crippen LogP) is 0.787. The average Bonchev–Trinajstić information content (AvgIpc) is 2.96. The molecule has 3 aliphatic rings. The van der Waals surface area contributed by atoms with E-state index in [-0.39, 0.29) is 23.3 Å². The van der Waals surface area contributed by atoms with Crippen LogP contribution in [-0.4, -0.2) is 63.8 Å². The van der Waals surface area contributed by atoms with Crippen LogP contribution < -0.4 is 10.9 Å². The predicted molar refractivity (Wildman–Crippen MR) is 113 cm³/mol. The Labute approximate surface area is 176 Å². The van der Waals surface area contributed by atoms with Crippen LogP contribution in [0.25, 0.3) is 0 Å². The monoisotopic (exact) mass is 410 g/mol. The van der Waals surface area contributed by atoms with E-state index in [1.807, 2.05) is 12.1 Å². The number of fused-ring (bicyclic) bond motifs is 5. The Kier molecular flexibility index (Phi) is 4.99. The molecule has 160 valence electrons. The highest BCUT2D eigenvalue weighted by atomic mass is 16.2. The van der Waals surface area contributed by atoms with E-state index in [0.29, 0.717) is 0 Å². The molecule has 0 unspecified atom stereocenters. The highest BCUT2D eigenvalue weighted by Crippen LogP contribution is 2.41. The summed E-state index contributed by atoms with van der Waals surface area (Å²) in [6.07, 6.45) is 2.05. The van der Waals surface area contributed by atoms with E-state index < -0.39 is 6.04 Å². The van der Waals surface area contributed by atoms with E-state index in [0.717, 1.165) is 63.5 Å². The highest BCUT2D eigenvalue weighted by Gasteiger charge is 2.44. The molecule has 8 heteroatoms. The van der Waals surface area contributed by atoms with Crippen molar-refractivity contribution in [1.29, 1.82) is 0 Å². The minimum atomic E-state index is -0.425. The summed E-state index contributed by atoms with van der Waals surface area (Å²) in [5.74, 6) is 0.411. The third-order valence-electron chi connectivity index (χ3n) is 6.75. The first-order chi connectivity index (χ1) is 14.5. The van der Waals surface area contributed by atoms with Crippen LogP contribution in [0.5, 0.6) is 0 Å². The minimum Gasteiger partial charge on any atom is -0.347 e. The number of carbonyl (C=O) groups excluding carboxylic acids is 1. The molecular weight excluding hydrogens is 380 g/mol. The van der Waals surface area contributed by atoms with Gasteiger partial charge in [-0.15, -0.1) is 0 Å². The van der Waals surface area contributed by atoms with Crippen molar-refractivity contribution in [3.63, 3.8) is 0 Å². The normalized spacial score (nSPS) is 25.9. The molecule has 1 saturated heterocycles. The maximum absolute atomic E-state index is 13.1. The van der Waals surface area contributed by atoms with Crippen molar-refractivity contribution < 1.29 is 4.79 Å². The van der Waals surface area contributed by atoms with Crippen molar-refractivity contribution in [1.82, 2.24) is 29.5 Å². The Balaban J connectivity index is 1.43. The number of nitrogens with one attached hydrogen (secondary N) is 1. The van der Waals surface area contributed by atoms with Crippen LogP contribution in [0.15, 0.2) is 29.1 Å². The highest BCUT2D eigenvalue weighted by molar-refractivity contribution is 5.80. The quantitative estimate of drug-likeness (QED) is 0.810. The summed E-state index contributed by atoms with van der Waals surface area (Å²) < 4.78 is 3.90.